The standard InChI is InChI=1S/C11H12ClNO3S2/c12-8-2-1-7(18-8)5-9(14)13-11(10(15)16)3-4-17-6-11/h1-2H,3-6H2,(H,13,14)(H,15,16). The highest BCUT2D eigenvalue weighted by molar-refractivity contribution is 7.99. The van der Waals surface area contributed by atoms with Crippen molar-refractivity contribution < 1.29 is 14.7 Å². The molecule has 2 rings (SSSR count). The molecule has 0 aromatic carbocycles. The number of amides is 1. The van der Waals surface area contributed by atoms with Crippen LogP contribution in [0.3, 0.4) is 0 Å². The molecule has 1 saturated heterocycles. The van der Waals surface area contributed by atoms with Crippen LogP contribution in [0.1, 0.15) is 11.3 Å². The fraction of sp³-hybridized carbons (Fsp3) is 0.455. The number of rotatable bonds is 4. The average molecular weight is 306 g/mol. The highest BCUT2D eigenvalue weighted by atomic mass is 35.5. The molecule has 1 aromatic rings. The minimum atomic E-state index is -1.09. The Hall–Kier alpha value is -0.720. The summed E-state index contributed by atoms with van der Waals surface area (Å²) in [6, 6.07) is 3.51. The van der Waals surface area contributed by atoms with Gasteiger partial charge in [0, 0.05) is 10.6 Å². The number of hydrogen-bond donors (Lipinski definition) is 2. The molecule has 1 unspecified atom stereocenters. The fourth-order valence-electron chi connectivity index (χ4n) is 1.80. The van der Waals surface area contributed by atoms with E-state index in [1.165, 1.54) is 11.3 Å². The lowest BCUT2D eigenvalue weighted by Gasteiger charge is -2.24. The molecule has 4 nitrogen and oxygen atoms in total. The van der Waals surface area contributed by atoms with E-state index in [-0.39, 0.29) is 12.3 Å². The minimum absolute atomic E-state index is 0.178. The van der Waals surface area contributed by atoms with Gasteiger partial charge in [0.1, 0.15) is 5.54 Å². The van der Waals surface area contributed by atoms with Gasteiger partial charge in [-0.3, -0.25) is 4.79 Å². The van der Waals surface area contributed by atoms with Crippen LogP contribution in [-0.4, -0.2) is 34.0 Å². The second-order valence-electron chi connectivity index (χ2n) is 4.12. The van der Waals surface area contributed by atoms with E-state index in [0.29, 0.717) is 16.5 Å². The van der Waals surface area contributed by atoms with Gasteiger partial charge in [-0.05, 0) is 24.3 Å². The highest BCUT2D eigenvalue weighted by Gasteiger charge is 2.43. The molecule has 1 atom stereocenters. The molecule has 1 aromatic heterocycles. The summed E-state index contributed by atoms with van der Waals surface area (Å²) in [4.78, 5) is 24.0. The van der Waals surface area contributed by atoms with E-state index in [9.17, 15) is 14.7 Å². The maximum absolute atomic E-state index is 11.9. The maximum Gasteiger partial charge on any atom is 0.330 e. The average Bonchev–Trinajstić information content (AvgIpc) is 2.89. The number of halogens is 1. The van der Waals surface area contributed by atoms with Gasteiger partial charge >= 0.3 is 5.97 Å². The molecule has 1 aliphatic heterocycles. The zero-order valence-corrected chi connectivity index (χ0v) is 11.8. The lowest BCUT2D eigenvalue weighted by molar-refractivity contribution is -0.146. The number of carboxylic acids is 1. The molecule has 1 fully saturated rings. The zero-order chi connectivity index (χ0) is 13.2. The fourth-order valence-corrected chi connectivity index (χ4v) is 4.21. The maximum atomic E-state index is 11.9. The number of carbonyl (C=O) groups is 2. The number of thiophene rings is 1. The van der Waals surface area contributed by atoms with Crippen LogP contribution in [0, 0.1) is 0 Å². The molecule has 98 valence electrons. The van der Waals surface area contributed by atoms with E-state index in [0.717, 1.165) is 10.6 Å². The Morgan fingerprint density at radius 1 is 1.50 bits per heavy atom. The van der Waals surface area contributed by atoms with Gasteiger partial charge < -0.3 is 10.4 Å². The summed E-state index contributed by atoms with van der Waals surface area (Å²) in [7, 11) is 0. The Balaban J connectivity index is 1.99. The van der Waals surface area contributed by atoms with E-state index in [4.69, 9.17) is 11.6 Å². The molecular formula is C11H12ClNO3S2. The number of aliphatic carboxylic acids is 1. The van der Waals surface area contributed by atoms with Crippen LogP contribution in [0.4, 0.5) is 0 Å². The molecular weight excluding hydrogens is 294 g/mol. The lowest BCUT2D eigenvalue weighted by atomic mass is 9.99. The second-order valence-corrected chi connectivity index (χ2v) is 7.03. The predicted octanol–water partition coefficient (Wildman–Crippen LogP) is 2.02. The third-order valence-corrected chi connectivity index (χ3v) is 5.19. The van der Waals surface area contributed by atoms with Crippen molar-refractivity contribution in [3.05, 3.63) is 21.3 Å². The van der Waals surface area contributed by atoms with Crippen molar-refractivity contribution >= 4 is 46.6 Å². The smallest absolute Gasteiger partial charge is 0.330 e. The first-order chi connectivity index (χ1) is 8.52. The van der Waals surface area contributed by atoms with Crippen LogP contribution < -0.4 is 5.32 Å². The van der Waals surface area contributed by atoms with Crippen LogP contribution in [-0.2, 0) is 16.0 Å². The van der Waals surface area contributed by atoms with Crippen molar-refractivity contribution in [2.75, 3.05) is 11.5 Å². The Morgan fingerprint density at radius 3 is 2.78 bits per heavy atom. The van der Waals surface area contributed by atoms with Gasteiger partial charge in [0.2, 0.25) is 5.91 Å². The van der Waals surface area contributed by atoms with Crippen molar-refractivity contribution in [3.63, 3.8) is 0 Å². The first-order valence-corrected chi connectivity index (χ1v) is 7.73. The molecule has 0 bridgehead atoms. The molecule has 1 amide bonds. The van der Waals surface area contributed by atoms with Crippen molar-refractivity contribution in [2.24, 2.45) is 0 Å². The largest absolute Gasteiger partial charge is 0.479 e. The van der Waals surface area contributed by atoms with E-state index in [1.807, 2.05) is 0 Å². The summed E-state index contributed by atoms with van der Waals surface area (Å²) in [6.07, 6.45) is 0.654. The van der Waals surface area contributed by atoms with Crippen molar-refractivity contribution in [1.82, 2.24) is 5.32 Å². The van der Waals surface area contributed by atoms with Gasteiger partial charge in [-0.2, -0.15) is 11.8 Å². The van der Waals surface area contributed by atoms with Crippen LogP contribution in [0.25, 0.3) is 0 Å². The minimum Gasteiger partial charge on any atom is -0.479 e. The first-order valence-electron chi connectivity index (χ1n) is 5.38. The van der Waals surface area contributed by atoms with Gasteiger partial charge in [0.25, 0.3) is 0 Å². The van der Waals surface area contributed by atoms with Crippen molar-refractivity contribution in [3.8, 4) is 0 Å². The Morgan fingerprint density at radius 2 is 2.28 bits per heavy atom. The molecule has 0 spiro atoms. The van der Waals surface area contributed by atoms with Crippen LogP contribution in [0.15, 0.2) is 12.1 Å². The van der Waals surface area contributed by atoms with Crippen molar-refractivity contribution in [2.45, 2.75) is 18.4 Å². The van der Waals surface area contributed by atoms with E-state index in [1.54, 1.807) is 23.9 Å². The molecule has 0 aliphatic carbocycles. The third-order valence-electron chi connectivity index (χ3n) is 2.77. The van der Waals surface area contributed by atoms with E-state index >= 15 is 0 Å². The number of carbonyl (C=O) groups excluding carboxylic acids is 1. The summed E-state index contributed by atoms with van der Waals surface area (Å²) >= 11 is 8.66. The second kappa shape index (κ2) is 5.50. The normalized spacial score (nSPS) is 22.9. The number of nitrogens with one attached hydrogen (secondary N) is 1. The number of thioether (sulfide) groups is 1. The summed E-state index contributed by atoms with van der Waals surface area (Å²) in [5.41, 5.74) is -1.09. The predicted molar refractivity (Wildman–Crippen MR) is 73.5 cm³/mol. The Labute approximate surface area is 118 Å². The van der Waals surface area contributed by atoms with Gasteiger partial charge in [0.05, 0.1) is 10.8 Å². The van der Waals surface area contributed by atoms with Crippen molar-refractivity contribution in [1.29, 1.82) is 0 Å². The van der Waals surface area contributed by atoms with Gasteiger partial charge in [0.15, 0.2) is 0 Å². The molecule has 2 heterocycles. The van der Waals surface area contributed by atoms with Gasteiger partial charge in [-0.1, -0.05) is 11.6 Å². The SMILES string of the molecule is O=C(Cc1ccc(Cl)s1)NC1(C(=O)O)CCSC1. The Bertz CT molecular complexity index is 469. The zero-order valence-electron chi connectivity index (χ0n) is 9.44. The molecule has 0 radical (unpaired) electrons. The Kier molecular flexibility index (Phi) is 4.19. The quantitative estimate of drug-likeness (QED) is 0.893. The summed E-state index contributed by atoms with van der Waals surface area (Å²) < 4.78 is 0.627. The summed E-state index contributed by atoms with van der Waals surface area (Å²) in [5.74, 6) is -0.0279. The molecule has 18 heavy (non-hydrogen) atoms. The van der Waals surface area contributed by atoms with E-state index < -0.39 is 11.5 Å². The molecule has 1 aliphatic rings. The lowest BCUT2D eigenvalue weighted by Crippen LogP contribution is -2.55. The van der Waals surface area contributed by atoms with Crippen LogP contribution in [0.5, 0.6) is 0 Å². The summed E-state index contributed by atoms with van der Waals surface area (Å²) in [6.45, 7) is 0. The highest BCUT2D eigenvalue weighted by Crippen LogP contribution is 2.28. The van der Waals surface area contributed by atoms with Gasteiger partial charge in [-0.25, -0.2) is 4.79 Å². The topological polar surface area (TPSA) is 66.4 Å². The summed E-state index contributed by atoms with van der Waals surface area (Å²) in [5, 5.41) is 11.9. The number of hydrogen-bond acceptors (Lipinski definition) is 4. The molecule has 7 heteroatoms. The first kappa shape index (κ1) is 13.7. The van der Waals surface area contributed by atoms with Crippen LogP contribution >= 0.6 is 34.7 Å². The van der Waals surface area contributed by atoms with Crippen LogP contribution in [0.2, 0.25) is 4.34 Å². The number of carboxylic acid groups (broad SMARTS) is 1. The molecule has 0 saturated carbocycles. The van der Waals surface area contributed by atoms with E-state index in [2.05, 4.69) is 5.32 Å². The third kappa shape index (κ3) is 2.99. The van der Waals surface area contributed by atoms with Gasteiger partial charge in [-0.15, -0.1) is 11.3 Å². The monoisotopic (exact) mass is 305 g/mol. The molecule has 2 N–H and O–H groups in total.